The van der Waals surface area contributed by atoms with Gasteiger partial charge in [0.15, 0.2) is 0 Å². The fraction of sp³-hybridized carbons (Fsp3) is 0.857. The summed E-state index contributed by atoms with van der Waals surface area (Å²) < 4.78 is 2.26. The van der Waals surface area contributed by atoms with Crippen LogP contribution in [0.15, 0.2) is 0 Å². The number of hydrogen-bond acceptors (Lipinski definition) is 2. The molecule has 1 aromatic rings. The maximum atomic E-state index is 4.33. The molecule has 0 aromatic carbocycles. The van der Waals surface area contributed by atoms with Gasteiger partial charge in [0, 0.05) is 12.5 Å². The number of halogens is 1. The van der Waals surface area contributed by atoms with Crippen LogP contribution in [0.5, 0.6) is 0 Å². The maximum absolute atomic E-state index is 4.33. The van der Waals surface area contributed by atoms with Crippen LogP contribution in [0.25, 0.3) is 0 Å². The summed E-state index contributed by atoms with van der Waals surface area (Å²) in [6.45, 7) is 6.65. The van der Waals surface area contributed by atoms with E-state index in [1.165, 1.54) is 38.5 Å². The van der Waals surface area contributed by atoms with Crippen molar-refractivity contribution in [3.63, 3.8) is 0 Å². The van der Waals surface area contributed by atoms with Crippen LogP contribution in [0.4, 0.5) is 0 Å². The zero-order valence-electron chi connectivity index (χ0n) is 12.0. The van der Waals surface area contributed by atoms with E-state index < -0.39 is 0 Å². The molecule has 0 aliphatic rings. The number of rotatable bonds is 9. The van der Waals surface area contributed by atoms with Crippen LogP contribution >= 0.6 is 15.9 Å². The maximum Gasteiger partial charge on any atom is 0.143 e. The van der Waals surface area contributed by atoms with Crippen molar-refractivity contribution in [3.05, 3.63) is 11.6 Å². The van der Waals surface area contributed by atoms with Crippen molar-refractivity contribution in [3.8, 4) is 0 Å². The number of nitrogens with zero attached hydrogens (tertiary/aromatic N) is 3. The molecule has 0 N–H and O–H groups in total. The van der Waals surface area contributed by atoms with Gasteiger partial charge in [0.1, 0.15) is 11.6 Å². The molecule has 4 heteroatoms. The Balaban J connectivity index is 2.40. The highest BCUT2D eigenvalue weighted by Crippen LogP contribution is 2.16. The second kappa shape index (κ2) is 8.68. The van der Waals surface area contributed by atoms with Crippen molar-refractivity contribution in [2.24, 2.45) is 0 Å². The van der Waals surface area contributed by atoms with Gasteiger partial charge < -0.3 is 4.57 Å². The van der Waals surface area contributed by atoms with Gasteiger partial charge in [-0.2, -0.15) is 0 Å². The van der Waals surface area contributed by atoms with Crippen LogP contribution in [0, 0.1) is 0 Å². The van der Waals surface area contributed by atoms with Gasteiger partial charge in [-0.15, -0.1) is 10.2 Å². The Morgan fingerprint density at radius 2 is 1.61 bits per heavy atom. The molecular formula is C14H26BrN3. The van der Waals surface area contributed by atoms with Gasteiger partial charge in [-0.1, -0.05) is 55.0 Å². The Morgan fingerprint density at radius 3 is 2.22 bits per heavy atom. The molecule has 0 radical (unpaired) electrons. The average Bonchev–Trinajstić information content (AvgIpc) is 2.76. The molecular weight excluding hydrogens is 290 g/mol. The van der Waals surface area contributed by atoms with Crippen molar-refractivity contribution in [1.82, 2.24) is 14.8 Å². The molecule has 1 aromatic heterocycles. The predicted molar refractivity (Wildman–Crippen MR) is 80.1 cm³/mol. The van der Waals surface area contributed by atoms with Crippen LogP contribution in [0.1, 0.15) is 77.0 Å². The topological polar surface area (TPSA) is 30.7 Å². The van der Waals surface area contributed by atoms with Crippen molar-refractivity contribution >= 4 is 15.9 Å². The molecule has 1 rings (SSSR count). The van der Waals surface area contributed by atoms with Gasteiger partial charge >= 0.3 is 0 Å². The third kappa shape index (κ3) is 4.71. The lowest BCUT2D eigenvalue weighted by Gasteiger charge is -2.12. The van der Waals surface area contributed by atoms with Crippen LogP contribution in [-0.4, -0.2) is 14.8 Å². The van der Waals surface area contributed by atoms with Gasteiger partial charge in [-0.25, -0.2) is 0 Å². The summed E-state index contributed by atoms with van der Waals surface area (Å²) in [5, 5.41) is 9.36. The third-order valence-electron chi connectivity index (χ3n) is 3.23. The minimum absolute atomic E-state index is 0.447. The minimum Gasteiger partial charge on any atom is -0.312 e. The lowest BCUT2D eigenvalue weighted by Crippen LogP contribution is -2.09. The molecule has 0 unspecified atom stereocenters. The average molecular weight is 316 g/mol. The van der Waals surface area contributed by atoms with Crippen LogP contribution in [-0.2, 0) is 11.8 Å². The summed E-state index contributed by atoms with van der Waals surface area (Å²) in [4.78, 5) is 0. The van der Waals surface area contributed by atoms with E-state index in [1.54, 1.807) is 0 Å². The largest absolute Gasteiger partial charge is 0.312 e. The molecule has 0 spiro atoms. The summed E-state index contributed by atoms with van der Waals surface area (Å²) in [5.41, 5.74) is 0. The fourth-order valence-electron chi connectivity index (χ4n) is 2.28. The summed E-state index contributed by atoms with van der Waals surface area (Å²) in [6.07, 6.45) is 9.02. The summed E-state index contributed by atoms with van der Waals surface area (Å²) in [6, 6.07) is 0.447. The first kappa shape index (κ1) is 15.7. The molecule has 0 saturated heterocycles. The van der Waals surface area contributed by atoms with Gasteiger partial charge in [-0.3, -0.25) is 0 Å². The van der Waals surface area contributed by atoms with E-state index in [1.807, 2.05) is 0 Å². The van der Waals surface area contributed by atoms with Crippen LogP contribution < -0.4 is 0 Å². The lowest BCUT2D eigenvalue weighted by molar-refractivity contribution is 0.534. The van der Waals surface area contributed by atoms with Gasteiger partial charge in [0.25, 0.3) is 0 Å². The van der Waals surface area contributed by atoms with Crippen molar-refractivity contribution < 1.29 is 0 Å². The van der Waals surface area contributed by atoms with Crippen LogP contribution in [0.3, 0.4) is 0 Å². The third-order valence-corrected chi connectivity index (χ3v) is 3.73. The molecule has 1 heterocycles. The van der Waals surface area contributed by atoms with Gasteiger partial charge in [-0.05, 0) is 20.3 Å². The minimum atomic E-state index is 0.447. The van der Waals surface area contributed by atoms with Gasteiger partial charge in [0.05, 0.1) is 5.33 Å². The number of aromatic nitrogens is 3. The van der Waals surface area contributed by atoms with Crippen molar-refractivity contribution in [2.45, 2.75) is 77.1 Å². The van der Waals surface area contributed by atoms with E-state index in [9.17, 15) is 0 Å². The highest BCUT2D eigenvalue weighted by molar-refractivity contribution is 9.08. The highest BCUT2D eigenvalue weighted by atomic mass is 79.9. The zero-order valence-corrected chi connectivity index (χ0v) is 13.5. The SMILES string of the molecule is CCCCCCCCc1nnc(CBr)n1C(C)C. The van der Waals surface area contributed by atoms with Gasteiger partial charge in [0.2, 0.25) is 0 Å². The molecule has 0 atom stereocenters. The smallest absolute Gasteiger partial charge is 0.143 e. The number of hydrogen-bond donors (Lipinski definition) is 0. The molecule has 0 aliphatic heterocycles. The molecule has 0 fully saturated rings. The molecule has 0 saturated carbocycles. The number of unbranched alkanes of at least 4 members (excludes halogenated alkanes) is 5. The van der Waals surface area contributed by atoms with Crippen molar-refractivity contribution in [1.29, 1.82) is 0 Å². The molecule has 104 valence electrons. The summed E-state index contributed by atoms with van der Waals surface area (Å²) >= 11 is 3.48. The first-order chi connectivity index (χ1) is 8.70. The second-order valence-corrected chi connectivity index (χ2v) is 5.71. The first-order valence-corrected chi connectivity index (χ1v) is 8.31. The number of aryl methyl sites for hydroxylation is 1. The predicted octanol–water partition coefficient (Wildman–Crippen LogP) is 4.66. The quantitative estimate of drug-likeness (QED) is 0.490. The molecule has 18 heavy (non-hydrogen) atoms. The zero-order chi connectivity index (χ0) is 13.4. The molecule has 0 amide bonds. The van der Waals surface area contributed by atoms with E-state index in [2.05, 4.69) is 51.5 Å². The molecule has 3 nitrogen and oxygen atoms in total. The second-order valence-electron chi connectivity index (χ2n) is 5.15. The van der Waals surface area contributed by atoms with E-state index >= 15 is 0 Å². The molecule has 0 aliphatic carbocycles. The lowest BCUT2D eigenvalue weighted by atomic mass is 10.1. The van der Waals surface area contributed by atoms with E-state index in [4.69, 9.17) is 0 Å². The van der Waals surface area contributed by atoms with E-state index in [0.29, 0.717) is 6.04 Å². The Bertz CT molecular complexity index is 334. The van der Waals surface area contributed by atoms with E-state index in [0.717, 1.165) is 23.4 Å². The van der Waals surface area contributed by atoms with E-state index in [-0.39, 0.29) is 0 Å². The fourth-order valence-corrected chi connectivity index (χ4v) is 2.66. The Morgan fingerprint density at radius 1 is 1.00 bits per heavy atom. The standard InChI is InChI=1S/C14H26BrN3/c1-4-5-6-7-8-9-10-13-16-17-14(11-15)18(13)12(2)3/h12H,4-11H2,1-3H3. The summed E-state index contributed by atoms with van der Waals surface area (Å²) in [7, 11) is 0. The normalized spacial score (nSPS) is 11.4. The van der Waals surface area contributed by atoms with Crippen LogP contribution in [0.2, 0.25) is 0 Å². The Hall–Kier alpha value is -0.380. The first-order valence-electron chi connectivity index (χ1n) is 7.19. The molecule has 0 bridgehead atoms. The Labute approximate surface area is 120 Å². The summed E-state index contributed by atoms with van der Waals surface area (Å²) in [5.74, 6) is 2.20. The highest BCUT2D eigenvalue weighted by Gasteiger charge is 2.12. The van der Waals surface area contributed by atoms with Crippen molar-refractivity contribution in [2.75, 3.05) is 0 Å². The monoisotopic (exact) mass is 315 g/mol. The number of alkyl halides is 1. The Kier molecular flexibility index (Phi) is 7.56.